The lowest BCUT2D eigenvalue weighted by molar-refractivity contribution is 0.166. The van der Waals surface area contributed by atoms with Crippen molar-refractivity contribution < 1.29 is 14.2 Å². The zero-order chi connectivity index (χ0) is 13.0. The molecule has 0 radical (unpaired) electrons. The van der Waals surface area contributed by atoms with Crippen molar-refractivity contribution in [2.24, 2.45) is 0 Å². The summed E-state index contributed by atoms with van der Waals surface area (Å²) in [6.07, 6.45) is 7.48. The summed E-state index contributed by atoms with van der Waals surface area (Å²) in [5, 5.41) is 0.273. The van der Waals surface area contributed by atoms with E-state index < -0.39 is 0 Å². The van der Waals surface area contributed by atoms with Crippen molar-refractivity contribution in [1.29, 1.82) is 0 Å². The molecule has 0 aliphatic rings. The zero-order valence-corrected chi connectivity index (χ0v) is 12.8. The third kappa shape index (κ3) is 8.62. The molecule has 0 aliphatic heterocycles. The highest BCUT2D eigenvalue weighted by Crippen LogP contribution is 2.35. The number of hydrogen-bond donors (Lipinski definition) is 0. The third-order valence-electron chi connectivity index (χ3n) is 2.82. The molecule has 0 saturated heterocycles. The summed E-state index contributed by atoms with van der Waals surface area (Å²) in [6, 6.07) is 0. The molecule has 0 unspecified atom stereocenters. The van der Waals surface area contributed by atoms with Gasteiger partial charge < -0.3 is 14.2 Å². The Morgan fingerprint density at radius 2 is 1.06 bits per heavy atom. The number of rotatable bonds is 12. The summed E-state index contributed by atoms with van der Waals surface area (Å²) in [6.45, 7) is 12.7. The highest BCUT2D eigenvalue weighted by atomic mass is 28.1. The lowest BCUT2D eigenvalue weighted by Gasteiger charge is -2.29. The Morgan fingerprint density at radius 3 is 1.29 bits per heavy atom. The van der Waals surface area contributed by atoms with Crippen molar-refractivity contribution in [3.05, 3.63) is 38.5 Å². The molecular formula is C13H24O3Si. The number of ether oxygens (including phenoxy) is 3. The van der Waals surface area contributed by atoms with Crippen LogP contribution in [0.25, 0.3) is 0 Å². The van der Waals surface area contributed by atoms with Gasteiger partial charge in [0.1, 0.15) is 0 Å². The maximum Gasteiger partial charge on any atom is 0.0875 e. The molecule has 0 fully saturated rings. The van der Waals surface area contributed by atoms with E-state index in [9.17, 15) is 0 Å². The lowest BCUT2D eigenvalue weighted by Crippen LogP contribution is -2.19. The van der Waals surface area contributed by atoms with Crippen LogP contribution in [-0.2, 0) is 14.2 Å². The standard InChI is InChI=1S/C13H24O3Si/c1-4-14-10-7-13(17,8-11-15-5-2)9-12-16-6-3/h4-6H,1-3,7-12H2,17H3. The Hall–Kier alpha value is -1.16. The first-order valence-corrected chi connectivity index (χ1v) is 6.86. The largest absolute Gasteiger partial charge is 0.502 e. The van der Waals surface area contributed by atoms with Gasteiger partial charge in [0, 0.05) is 10.2 Å². The van der Waals surface area contributed by atoms with E-state index in [4.69, 9.17) is 14.2 Å². The zero-order valence-electron chi connectivity index (χ0n) is 10.8. The van der Waals surface area contributed by atoms with Crippen LogP contribution < -0.4 is 0 Å². The van der Waals surface area contributed by atoms with Gasteiger partial charge in [-0.05, 0) is 24.3 Å². The SMILES string of the molecule is C=COCCC([SiH3])(CCOC=C)CCOC=C. The van der Waals surface area contributed by atoms with Gasteiger partial charge in [-0.2, -0.15) is 0 Å². The maximum atomic E-state index is 5.21. The molecule has 0 aliphatic carbocycles. The van der Waals surface area contributed by atoms with Crippen LogP contribution in [0.4, 0.5) is 0 Å². The monoisotopic (exact) mass is 256 g/mol. The Kier molecular flexibility index (Phi) is 9.34. The van der Waals surface area contributed by atoms with Crippen LogP contribution in [0.3, 0.4) is 0 Å². The summed E-state index contributed by atoms with van der Waals surface area (Å²) in [4.78, 5) is 0. The third-order valence-corrected chi connectivity index (χ3v) is 4.32. The van der Waals surface area contributed by atoms with Gasteiger partial charge in [0.05, 0.1) is 38.6 Å². The Bertz CT molecular complexity index is 193. The fourth-order valence-electron chi connectivity index (χ4n) is 1.54. The van der Waals surface area contributed by atoms with Crippen molar-refractivity contribution in [2.75, 3.05) is 19.8 Å². The smallest absolute Gasteiger partial charge is 0.0875 e. The highest BCUT2D eigenvalue weighted by Gasteiger charge is 2.24. The average Bonchev–Trinajstić information content (AvgIpc) is 2.30. The van der Waals surface area contributed by atoms with Crippen molar-refractivity contribution in [3.8, 4) is 0 Å². The van der Waals surface area contributed by atoms with E-state index >= 15 is 0 Å². The molecule has 0 atom stereocenters. The molecule has 0 rings (SSSR count). The molecule has 4 heteroatoms. The molecule has 98 valence electrons. The molecule has 0 N–H and O–H groups in total. The van der Waals surface area contributed by atoms with Crippen LogP contribution in [0.1, 0.15) is 19.3 Å². The van der Waals surface area contributed by atoms with Gasteiger partial charge in [-0.3, -0.25) is 0 Å². The quantitative estimate of drug-likeness (QED) is 0.304. The lowest BCUT2D eigenvalue weighted by atomic mass is 9.97. The van der Waals surface area contributed by atoms with Crippen LogP contribution >= 0.6 is 0 Å². The Balaban J connectivity index is 4.07. The molecule has 0 aromatic rings. The normalized spacial score (nSPS) is 10.6. The van der Waals surface area contributed by atoms with Crippen molar-refractivity contribution in [1.82, 2.24) is 0 Å². The second kappa shape index (κ2) is 10.0. The first-order valence-electron chi connectivity index (χ1n) is 5.86. The van der Waals surface area contributed by atoms with Gasteiger partial charge in [0.15, 0.2) is 0 Å². The fourth-order valence-corrected chi connectivity index (χ4v) is 2.15. The van der Waals surface area contributed by atoms with Crippen molar-refractivity contribution >= 4 is 10.2 Å². The molecule has 0 amide bonds. The van der Waals surface area contributed by atoms with Gasteiger partial charge in [-0.15, -0.1) is 0 Å². The summed E-state index contributed by atoms with van der Waals surface area (Å²) < 4.78 is 15.6. The van der Waals surface area contributed by atoms with E-state index in [-0.39, 0.29) is 5.04 Å². The molecule has 0 aromatic heterocycles. The Labute approximate surface area is 108 Å². The van der Waals surface area contributed by atoms with Crippen LogP contribution in [0.5, 0.6) is 0 Å². The van der Waals surface area contributed by atoms with Crippen molar-refractivity contribution in [2.45, 2.75) is 24.3 Å². The van der Waals surface area contributed by atoms with Crippen LogP contribution in [0.2, 0.25) is 5.04 Å². The molecule has 0 spiro atoms. The van der Waals surface area contributed by atoms with Gasteiger partial charge >= 0.3 is 0 Å². The summed E-state index contributed by atoms with van der Waals surface area (Å²) in [5.41, 5.74) is 0. The van der Waals surface area contributed by atoms with Crippen LogP contribution in [-0.4, -0.2) is 30.1 Å². The van der Waals surface area contributed by atoms with Gasteiger partial charge in [0.2, 0.25) is 0 Å². The second-order valence-corrected chi connectivity index (χ2v) is 6.29. The molecule has 0 heterocycles. The predicted molar refractivity (Wildman–Crippen MR) is 74.9 cm³/mol. The predicted octanol–water partition coefficient (Wildman–Crippen LogP) is 2.16. The minimum Gasteiger partial charge on any atom is -0.502 e. The first kappa shape index (κ1) is 15.8. The summed E-state index contributed by atoms with van der Waals surface area (Å²) >= 11 is 0. The van der Waals surface area contributed by atoms with Gasteiger partial charge in [-0.25, -0.2) is 0 Å². The van der Waals surface area contributed by atoms with E-state index in [1.54, 1.807) is 0 Å². The van der Waals surface area contributed by atoms with E-state index in [1.165, 1.54) is 18.8 Å². The summed E-state index contributed by atoms with van der Waals surface area (Å²) in [5.74, 6) is 0. The Morgan fingerprint density at radius 1 is 0.765 bits per heavy atom. The van der Waals surface area contributed by atoms with E-state index in [1.807, 2.05) is 0 Å². The molecule has 0 bridgehead atoms. The van der Waals surface area contributed by atoms with Gasteiger partial charge in [0.25, 0.3) is 0 Å². The van der Waals surface area contributed by atoms with Crippen LogP contribution in [0, 0.1) is 0 Å². The topological polar surface area (TPSA) is 27.7 Å². The van der Waals surface area contributed by atoms with Gasteiger partial charge in [-0.1, -0.05) is 19.7 Å². The second-order valence-electron chi connectivity index (χ2n) is 4.17. The molecule has 0 saturated carbocycles. The van der Waals surface area contributed by atoms with E-state index in [0.717, 1.165) is 29.5 Å². The number of hydrogen-bond acceptors (Lipinski definition) is 3. The van der Waals surface area contributed by atoms with Crippen molar-refractivity contribution in [3.63, 3.8) is 0 Å². The highest BCUT2D eigenvalue weighted by molar-refractivity contribution is 6.15. The fraction of sp³-hybridized carbons (Fsp3) is 0.538. The summed E-state index contributed by atoms with van der Waals surface area (Å²) in [7, 11) is 1.08. The maximum absolute atomic E-state index is 5.21. The minimum absolute atomic E-state index is 0.273. The van der Waals surface area contributed by atoms with Crippen LogP contribution in [0.15, 0.2) is 38.5 Å². The average molecular weight is 256 g/mol. The van der Waals surface area contributed by atoms with E-state index in [2.05, 4.69) is 19.7 Å². The molecular weight excluding hydrogens is 232 g/mol. The first-order chi connectivity index (χ1) is 8.18. The van der Waals surface area contributed by atoms with E-state index in [0.29, 0.717) is 19.8 Å². The molecule has 0 aromatic carbocycles. The minimum atomic E-state index is 0.273. The molecule has 3 nitrogen and oxygen atoms in total. The molecule has 17 heavy (non-hydrogen) atoms.